The Hall–Kier alpha value is -2.73. The van der Waals surface area contributed by atoms with Crippen molar-refractivity contribution >= 4 is 17.5 Å². The van der Waals surface area contributed by atoms with Gasteiger partial charge in [-0.05, 0) is 33.7 Å². The lowest BCUT2D eigenvalue weighted by Gasteiger charge is -2.22. The number of nitrogens with zero attached hydrogens (tertiary/aromatic N) is 5. The van der Waals surface area contributed by atoms with Gasteiger partial charge in [-0.1, -0.05) is 54.1 Å². The van der Waals surface area contributed by atoms with Crippen LogP contribution in [-0.4, -0.2) is 38.1 Å². The lowest BCUT2D eigenvalue weighted by Crippen LogP contribution is -2.28. The molecule has 0 aliphatic rings. The van der Waals surface area contributed by atoms with Crippen molar-refractivity contribution in [3.05, 3.63) is 77.1 Å². The van der Waals surface area contributed by atoms with Crippen LogP contribution in [0.4, 0.5) is 0 Å². The van der Waals surface area contributed by atoms with E-state index >= 15 is 0 Å². The van der Waals surface area contributed by atoms with Crippen LogP contribution in [0.3, 0.4) is 0 Å². The zero-order chi connectivity index (χ0) is 18.4. The fourth-order valence-corrected chi connectivity index (χ4v) is 2.95. The van der Waals surface area contributed by atoms with Crippen LogP contribution in [0, 0.1) is 0 Å². The molecule has 6 nitrogen and oxygen atoms in total. The predicted octanol–water partition coefficient (Wildman–Crippen LogP) is 3.16. The highest BCUT2D eigenvalue weighted by Crippen LogP contribution is 2.24. The van der Waals surface area contributed by atoms with E-state index in [2.05, 4.69) is 15.5 Å². The van der Waals surface area contributed by atoms with Gasteiger partial charge in [0.2, 0.25) is 5.91 Å². The minimum Gasteiger partial charge on any atom is -0.341 e. The number of amides is 1. The SMILES string of the molecule is CN(Cc1ccccc1)C(=O)CC(Cn1cnnn1)c1ccc(Cl)cc1. The Morgan fingerprint density at radius 3 is 2.54 bits per heavy atom. The molecule has 1 heterocycles. The van der Waals surface area contributed by atoms with E-state index in [-0.39, 0.29) is 11.8 Å². The van der Waals surface area contributed by atoms with E-state index in [1.807, 2.05) is 61.6 Å². The van der Waals surface area contributed by atoms with Crippen molar-refractivity contribution in [1.29, 1.82) is 0 Å². The maximum absolute atomic E-state index is 12.8. The highest BCUT2D eigenvalue weighted by molar-refractivity contribution is 6.30. The van der Waals surface area contributed by atoms with Gasteiger partial charge in [-0.3, -0.25) is 4.79 Å². The number of rotatable bonds is 7. The maximum atomic E-state index is 12.8. The summed E-state index contributed by atoms with van der Waals surface area (Å²) in [6.45, 7) is 1.11. The van der Waals surface area contributed by atoms with Crippen molar-refractivity contribution in [2.45, 2.75) is 25.4 Å². The van der Waals surface area contributed by atoms with Crippen LogP contribution in [0.5, 0.6) is 0 Å². The Kier molecular flexibility index (Phi) is 5.96. The lowest BCUT2D eigenvalue weighted by molar-refractivity contribution is -0.130. The summed E-state index contributed by atoms with van der Waals surface area (Å²) in [5.74, 6) is 0.0309. The van der Waals surface area contributed by atoms with Crippen LogP contribution in [0.15, 0.2) is 60.9 Å². The van der Waals surface area contributed by atoms with E-state index in [4.69, 9.17) is 11.6 Å². The Morgan fingerprint density at radius 2 is 1.88 bits per heavy atom. The summed E-state index contributed by atoms with van der Waals surface area (Å²) in [5, 5.41) is 11.9. The summed E-state index contributed by atoms with van der Waals surface area (Å²) in [7, 11) is 1.82. The fourth-order valence-electron chi connectivity index (χ4n) is 2.82. The third-order valence-electron chi connectivity index (χ3n) is 4.25. The van der Waals surface area contributed by atoms with Crippen molar-refractivity contribution in [1.82, 2.24) is 25.1 Å². The molecule has 0 radical (unpaired) electrons. The van der Waals surface area contributed by atoms with Crippen molar-refractivity contribution < 1.29 is 4.79 Å². The normalized spacial score (nSPS) is 11.9. The highest BCUT2D eigenvalue weighted by atomic mass is 35.5. The zero-order valence-corrected chi connectivity index (χ0v) is 15.3. The Labute approximate surface area is 157 Å². The molecule has 0 bridgehead atoms. The molecule has 0 fully saturated rings. The van der Waals surface area contributed by atoms with Crippen molar-refractivity contribution in [2.75, 3.05) is 7.05 Å². The first-order chi connectivity index (χ1) is 12.6. The fraction of sp³-hybridized carbons (Fsp3) is 0.263. The van der Waals surface area contributed by atoms with E-state index in [0.717, 1.165) is 11.1 Å². The van der Waals surface area contributed by atoms with Gasteiger partial charge in [0.05, 0.1) is 6.54 Å². The summed E-state index contributed by atoms with van der Waals surface area (Å²) in [5.41, 5.74) is 2.14. The van der Waals surface area contributed by atoms with E-state index in [9.17, 15) is 4.79 Å². The minimum atomic E-state index is -0.0403. The Balaban J connectivity index is 1.71. The van der Waals surface area contributed by atoms with Crippen molar-refractivity contribution in [3.63, 3.8) is 0 Å². The molecular weight excluding hydrogens is 350 g/mol. The molecule has 26 heavy (non-hydrogen) atoms. The molecule has 0 saturated heterocycles. The van der Waals surface area contributed by atoms with Crippen LogP contribution in [0.2, 0.25) is 5.02 Å². The summed E-state index contributed by atoms with van der Waals surface area (Å²) in [6.07, 6.45) is 1.92. The molecule has 7 heteroatoms. The van der Waals surface area contributed by atoms with Crippen molar-refractivity contribution in [2.24, 2.45) is 0 Å². The third kappa shape index (κ3) is 4.89. The number of carbonyl (C=O) groups is 1. The molecule has 1 unspecified atom stereocenters. The lowest BCUT2D eigenvalue weighted by atomic mass is 9.95. The van der Waals surface area contributed by atoms with Gasteiger partial charge in [0.15, 0.2) is 0 Å². The first kappa shape index (κ1) is 18.1. The number of hydrogen-bond donors (Lipinski definition) is 0. The summed E-state index contributed by atoms with van der Waals surface area (Å²) >= 11 is 5.99. The van der Waals surface area contributed by atoms with Crippen LogP contribution in [0.1, 0.15) is 23.5 Å². The third-order valence-corrected chi connectivity index (χ3v) is 4.50. The van der Waals surface area contributed by atoms with Gasteiger partial charge >= 0.3 is 0 Å². The minimum absolute atomic E-state index is 0.0403. The van der Waals surface area contributed by atoms with Crippen LogP contribution < -0.4 is 0 Å². The van der Waals surface area contributed by atoms with Gasteiger partial charge in [0, 0.05) is 31.0 Å². The van der Waals surface area contributed by atoms with E-state index in [1.54, 1.807) is 15.9 Å². The maximum Gasteiger partial charge on any atom is 0.223 e. The van der Waals surface area contributed by atoms with Gasteiger partial charge in [0.1, 0.15) is 6.33 Å². The summed E-state index contributed by atoms with van der Waals surface area (Å²) in [4.78, 5) is 14.5. The molecule has 1 aromatic heterocycles. The summed E-state index contributed by atoms with van der Waals surface area (Å²) < 4.78 is 1.64. The largest absolute Gasteiger partial charge is 0.341 e. The topological polar surface area (TPSA) is 63.9 Å². The molecule has 0 spiro atoms. The van der Waals surface area contributed by atoms with Gasteiger partial charge in [-0.2, -0.15) is 0 Å². The molecule has 1 atom stereocenters. The molecule has 134 valence electrons. The quantitative estimate of drug-likeness (QED) is 0.641. The smallest absolute Gasteiger partial charge is 0.223 e. The number of hydrogen-bond acceptors (Lipinski definition) is 4. The average Bonchev–Trinajstić information content (AvgIpc) is 3.16. The molecule has 0 N–H and O–H groups in total. The first-order valence-electron chi connectivity index (χ1n) is 8.36. The van der Waals surface area contributed by atoms with E-state index in [1.165, 1.54) is 0 Å². The number of benzene rings is 2. The van der Waals surface area contributed by atoms with Gasteiger partial charge in [0.25, 0.3) is 0 Å². The predicted molar refractivity (Wildman–Crippen MR) is 99.5 cm³/mol. The second kappa shape index (κ2) is 8.58. The molecule has 0 saturated carbocycles. The molecule has 3 rings (SSSR count). The average molecular weight is 370 g/mol. The summed E-state index contributed by atoms with van der Waals surface area (Å²) in [6, 6.07) is 17.5. The van der Waals surface area contributed by atoms with E-state index < -0.39 is 0 Å². The second-order valence-electron chi connectivity index (χ2n) is 6.22. The Morgan fingerprint density at radius 1 is 1.15 bits per heavy atom. The number of halogens is 1. The molecule has 0 aliphatic heterocycles. The number of carbonyl (C=O) groups excluding carboxylic acids is 1. The number of aromatic nitrogens is 4. The van der Waals surface area contributed by atoms with Crippen LogP contribution in [0.25, 0.3) is 0 Å². The monoisotopic (exact) mass is 369 g/mol. The molecular formula is C19H20ClN5O. The Bertz CT molecular complexity index is 821. The van der Waals surface area contributed by atoms with Gasteiger partial charge in [-0.15, -0.1) is 5.10 Å². The van der Waals surface area contributed by atoms with Gasteiger partial charge < -0.3 is 4.90 Å². The van der Waals surface area contributed by atoms with Crippen LogP contribution in [-0.2, 0) is 17.9 Å². The zero-order valence-electron chi connectivity index (χ0n) is 14.5. The second-order valence-corrected chi connectivity index (χ2v) is 6.66. The standard InChI is InChI=1S/C19H20ClN5O/c1-24(12-15-5-3-2-4-6-15)19(26)11-17(13-25-14-21-22-23-25)16-7-9-18(20)10-8-16/h2-10,14,17H,11-13H2,1H3. The first-order valence-corrected chi connectivity index (χ1v) is 8.74. The molecule has 3 aromatic rings. The van der Waals surface area contributed by atoms with Gasteiger partial charge in [-0.25, -0.2) is 4.68 Å². The number of tetrazole rings is 1. The molecule has 2 aromatic carbocycles. The highest BCUT2D eigenvalue weighted by Gasteiger charge is 2.20. The van der Waals surface area contributed by atoms with E-state index in [0.29, 0.717) is 24.5 Å². The molecule has 0 aliphatic carbocycles. The van der Waals surface area contributed by atoms with Crippen molar-refractivity contribution in [3.8, 4) is 0 Å². The molecule has 1 amide bonds. The van der Waals surface area contributed by atoms with Crippen LogP contribution >= 0.6 is 11.6 Å².